The zero-order valence-electron chi connectivity index (χ0n) is 11.2. The number of benzene rings is 1. The van der Waals surface area contributed by atoms with Crippen LogP contribution < -0.4 is 4.74 Å². The van der Waals surface area contributed by atoms with Gasteiger partial charge >= 0.3 is 0 Å². The highest BCUT2D eigenvalue weighted by Crippen LogP contribution is 2.33. The van der Waals surface area contributed by atoms with Gasteiger partial charge in [-0.25, -0.2) is 9.97 Å². The fourth-order valence-corrected chi connectivity index (χ4v) is 3.03. The molecule has 0 fully saturated rings. The number of para-hydroxylation sites is 2. The molecule has 3 rings (SSSR count). The molecule has 20 heavy (non-hydrogen) atoms. The van der Waals surface area contributed by atoms with E-state index in [0.29, 0.717) is 5.88 Å². The largest absolute Gasteiger partial charge is 0.479 e. The van der Waals surface area contributed by atoms with Gasteiger partial charge in [0.05, 0.1) is 23.0 Å². The summed E-state index contributed by atoms with van der Waals surface area (Å²) in [6, 6.07) is 12.0. The number of ether oxygens (including phenoxy) is 1. The molecule has 0 amide bonds. The van der Waals surface area contributed by atoms with Crippen LogP contribution in [0.5, 0.6) is 5.88 Å². The van der Waals surface area contributed by atoms with Crippen LogP contribution in [0.4, 0.5) is 0 Å². The number of rotatable bonds is 4. The van der Waals surface area contributed by atoms with Crippen LogP contribution in [0.1, 0.15) is 4.88 Å². The van der Waals surface area contributed by atoms with Crippen molar-refractivity contribution in [2.75, 3.05) is 7.11 Å². The number of hydrogen-bond acceptors (Lipinski definition) is 4. The van der Waals surface area contributed by atoms with Crippen molar-refractivity contribution in [1.82, 2.24) is 9.97 Å². The van der Waals surface area contributed by atoms with Gasteiger partial charge in [0.2, 0.25) is 5.88 Å². The van der Waals surface area contributed by atoms with Crippen LogP contribution in [0, 0.1) is 0 Å². The lowest BCUT2D eigenvalue weighted by atomic mass is 10.2. The maximum absolute atomic E-state index is 5.39. The summed E-state index contributed by atoms with van der Waals surface area (Å²) in [5.41, 5.74) is 2.52. The first-order chi connectivity index (χ1) is 9.81. The molecule has 0 radical (unpaired) electrons. The van der Waals surface area contributed by atoms with Gasteiger partial charge in [0.1, 0.15) is 5.69 Å². The van der Waals surface area contributed by atoms with Crippen LogP contribution >= 0.6 is 11.3 Å². The first kappa shape index (κ1) is 12.8. The third-order valence-corrected chi connectivity index (χ3v) is 4.09. The second-order valence-corrected chi connectivity index (χ2v) is 5.50. The van der Waals surface area contributed by atoms with Crippen LogP contribution in [-0.4, -0.2) is 17.1 Å². The molecular formula is C16H14N2OS. The molecule has 0 bridgehead atoms. The lowest BCUT2D eigenvalue weighted by molar-refractivity contribution is 0.400. The van der Waals surface area contributed by atoms with Gasteiger partial charge < -0.3 is 4.74 Å². The van der Waals surface area contributed by atoms with Gasteiger partial charge in [0, 0.05) is 4.88 Å². The predicted octanol–water partition coefficient (Wildman–Crippen LogP) is 4.10. The second-order valence-electron chi connectivity index (χ2n) is 4.33. The van der Waals surface area contributed by atoms with Gasteiger partial charge in [0.25, 0.3) is 0 Å². The van der Waals surface area contributed by atoms with Gasteiger partial charge in [-0.3, -0.25) is 0 Å². The Morgan fingerprint density at radius 3 is 2.60 bits per heavy atom. The van der Waals surface area contributed by atoms with Gasteiger partial charge in [-0.15, -0.1) is 17.9 Å². The third-order valence-electron chi connectivity index (χ3n) is 2.97. The predicted molar refractivity (Wildman–Crippen MR) is 83.3 cm³/mol. The van der Waals surface area contributed by atoms with Crippen molar-refractivity contribution in [2.24, 2.45) is 0 Å². The number of allylic oxidation sites excluding steroid dienone is 1. The normalized spacial score (nSPS) is 10.7. The zero-order valence-corrected chi connectivity index (χ0v) is 12.0. The molecule has 100 valence electrons. The summed E-state index contributed by atoms with van der Waals surface area (Å²) in [4.78, 5) is 11.5. The zero-order chi connectivity index (χ0) is 13.9. The number of hydrogen-bond donors (Lipinski definition) is 0. The van der Waals surface area contributed by atoms with Crippen molar-refractivity contribution in [2.45, 2.75) is 6.42 Å². The molecule has 0 saturated heterocycles. The Kier molecular flexibility index (Phi) is 3.48. The molecule has 1 aromatic carbocycles. The third kappa shape index (κ3) is 2.30. The minimum atomic E-state index is 0.565. The molecular weight excluding hydrogens is 268 g/mol. The molecule has 0 aliphatic rings. The fraction of sp³-hybridized carbons (Fsp3) is 0.125. The molecule has 0 aliphatic heterocycles. The topological polar surface area (TPSA) is 35.0 Å². The molecule has 0 aliphatic carbocycles. The van der Waals surface area contributed by atoms with Crippen molar-refractivity contribution >= 4 is 22.4 Å². The Morgan fingerprint density at radius 2 is 1.90 bits per heavy atom. The van der Waals surface area contributed by atoms with Crippen molar-refractivity contribution in [3.63, 3.8) is 0 Å². The smallest absolute Gasteiger partial charge is 0.241 e. The Labute approximate surface area is 121 Å². The fourth-order valence-electron chi connectivity index (χ4n) is 2.04. The molecule has 3 nitrogen and oxygen atoms in total. The number of nitrogens with zero attached hydrogens (tertiary/aromatic N) is 2. The molecule has 2 heterocycles. The highest BCUT2D eigenvalue weighted by Gasteiger charge is 2.13. The van der Waals surface area contributed by atoms with E-state index in [-0.39, 0.29) is 0 Å². The van der Waals surface area contributed by atoms with E-state index in [2.05, 4.69) is 28.7 Å². The van der Waals surface area contributed by atoms with Crippen molar-refractivity contribution in [1.29, 1.82) is 0 Å². The van der Waals surface area contributed by atoms with Crippen LogP contribution in [0.25, 0.3) is 21.6 Å². The minimum absolute atomic E-state index is 0.565. The summed E-state index contributed by atoms with van der Waals surface area (Å²) < 4.78 is 5.39. The Morgan fingerprint density at radius 1 is 1.15 bits per heavy atom. The lowest BCUT2D eigenvalue weighted by Gasteiger charge is -2.06. The summed E-state index contributed by atoms with van der Waals surface area (Å²) in [7, 11) is 1.63. The Hall–Kier alpha value is -2.20. The average Bonchev–Trinajstić information content (AvgIpc) is 2.94. The molecule has 0 saturated carbocycles. The minimum Gasteiger partial charge on any atom is -0.479 e. The van der Waals surface area contributed by atoms with E-state index in [9.17, 15) is 0 Å². The van der Waals surface area contributed by atoms with E-state index < -0.39 is 0 Å². The maximum Gasteiger partial charge on any atom is 0.241 e. The van der Waals surface area contributed by atoms with E-state index >= 15 is 0 Å². The molecule has 0 atom stereocenters. The molecule has 0 N–H and O–H groups in total. The Balaban J connectivity index is 2.14. The molecule has 0 spiro atoms. The molecule has 2 aromatic heterocycles. The number of methoxy groups -OCH3 is 1. The highest BCUT2D eigenvalue weighted by molar-refractivity contribution is 7.15. The summed E-state index contributed by atoms with van der Waals surface area (Å²) in [5, 5.41) is 0. The van der Waals surface area contributed by atoms with Crippen LogP contribution in [0.15, 0.2) is 49.1 Å². The molecule has 3 aromatic rings. The number of thiophene rings is 1. The van der Waals surface area contributed by atoms with E-state index in [1.54, 1.807) is 18.4 Å². The van der Waals surface area contributed by atoms with Gasteiger partial charge in [-0.2, -0.15) is 0 Å². The van der Waals surface area contributed by atoms with Crippen LogP contribution in [0.3, 0.4) is 0 Å². The van der Waals surface area contributed by atoms with Crippen molar-refractivity contribution in [3.05, 3.63) is 53.9 Å². The SMILES string of the molecule is C=CCc1ccc(-c2nc3ccccc3nc2OC)s1. The quantitative estimate of drug-likeness (QED) is 0.676. The van der Waals surface area contributed by atoms with Crippen LogP contribution in [-0.2, 0) is 6.42 Å². The van der Waals surface area contributed by atoms with E-state index in [1.165, 1.54) is 4.88 Å². The summed E-state index contributed by atoms with van der Waals surface area (Å²) >= 11 is 1.69. The van der Waals surface area contributed by atoms with E-state index in [1.807, 2.05) is 30.3 Å². The standard InChI is InChI=1S/C16H14N2OS/c1-3-6-11-9-10-14(20-11)15-16(19-2)18-13-8-5-4-7-12(13)17-15/h3-5,7-10H,1,6H2,2H3. The first-order valence-electron chi connectivity index (χ1n) is 6.32. The number of fused-ring (bicyclic) bond motifs is 1. The van der Waals surface area contributed by atoms with E-state index in [0.717, 1.165) is 28.0 Å². The molecule has 0 unspecified atom stereocenters. The van der Waals surface area contributed by atoms with Gasteiger partial charge in [-0.1, -0.05) is 18.2 Å². The molecule has 4 heteroatoms. The maximum atomic E-state index is 5.39. The van der Waals surface area contributed by atoms with Gasteiger partial charge in [-0.05, 0) is 30.7 Å². The van der Waals surface area contributed by atoms with E-state index in [4.69, 9.17) is 4.74 Å². The lowest BCUT2D eigenvalue weighted by Crippen LogP contribution is -1.95. The van der Waals surface area contributed by atoms with Crippen molar-refractivity contribution in [3.8, 4) is 16.5 Å². The van der Waals surface area contributed by atoms with Gasteiger partial charge in [0.15, 0.2) is 0 Å². The summed E-state index contributed by atoms with van der Waals surface area (Å²) in [5.74, 6) is 0.565. The monoisotopic (exact) mass is 282 g/mol. The second kappa shape index (κ2) is 5.43. The average molecular weight is 282 g/mol. The highest BCUT2D eigenvalue weighted by atomic mass is 32.1. The Bertz CT molecular complexity index is 764. The summed E-state index contributed by atoms with van der Waals surface area (Å²) in [6.07, 6.45) is 2.77. The van der Waals surface area contributed by atoms with Crippen LogP contribution in [0.2, 0.25) is 0 Å². The van der Waals surface area contributed by atoms with Crippen molar-refractivity contribution < 1.29 is 4.74 Å². The number of aromatic nitrogens is 2. The summed E-state index contributed by atoms with van der Waals surface area (Å²) in [6.45, 7) is 3.77. The first-order valence-corrected chi connectivity index (χ1v) is 7.14.